The van der Waals surface area contributed by atoms with Gasteiger partial charge in [-0.2, -0.15) is 4.98 Å². The highest BCUT2D eigenvalue weighted by atomic mass is 19.1. The van der Waals surface area contributed by atoms with E-state index in [1.54, 1.807) is 6.07 Å². The number of halogens is 1. The fourth-order valence-corrected chi connectivity index (χ4v) is 4.13. The zero-order valence-electron chi connectivity index (χ0n) is 17.9. The summed E-state index contributed by atoms with van der Waals surface area (Å²) in [6.07, 6.45) is 3.37. The van der Waals surface area contributed by atoms with Crippen LogP contribution < -0.4 is 15.5 Å². The molecule has 162 valence electrons. The minimum atomic E-state index is -0.285. The van der Waals surface area contributed by atoms with E-state index in [0.29, 0.717) is 12.5 Å². The van der Waals surface area contributed by atoms with Crippen molar-refractivity contribution in [1.82, 2.24) is 15.3 Å². The molecule has 1 aromatic heterocycles. The summed E-state index contributed by atoms with van der Waals surface area (Å²) in [7, 11) is 3.96. The fraction of sp³-hybridized carbons (Fsp3) is 0.375. The first-order valence-corrected chi connectivity index (χ1v) is 10.7. The smallest absolute Gasteiger partial charge is 0.225 e. The molecule has 7 heteroatoms. The molecule has 2 N–H and O–H groups in total. The maximum absolute atomic E-state index is 13.3. The van der Waals surface area contributed by atoms with E-state index in [4.69, 9.17) is 4.98 Å². The molecule has 1 aliphatic carbocycles. The van der Waals surface area contributed by atoms with Crippen molar-refractivity contribution in [3.63, 3.8) is 0 Å². The molecule has 1 saturated carbocycles. The van der Waals surface area contributed by atoms with Gasteiger partial charge in [0.1, 0.15) is 11.6 Å². The van der Waals surface area contributed by atoms with Gasteiger partial charge in [-0.1, -0.05) is 24.3 Å². The summed E-state index contributed by atoms with van der Waals surface area (Å²) in [4.78, 5) is 23.9. The number of benzene rings is 2. The molecule has 0 radical (unpaired) electrons. The number of carbonyl (C=O) groups is 1. The summed E-state index contributed by atoms with van der Waals surface area (Å²) in [5, 5.41) is 7.44. The van der Waals surface area contributed by atoms with Crippen molar-refractivity contribution in [3.8, 4) is 0 Å². The number of rotatable bonds is 6. The zero-order valence-corrected chi connectivity index (χ0v) is 17.9. The summed E-state index contributed by atoms with van der Waals surface area (Å²) in [5.74, 6) is 1.26. The molecule has 2 aromatic carbocycles. The van der Waals surface area contributed by atoms with E-state index >= 15 is 0 Å². The number of para-hydroxylation sites is 1. The predicted molar refractivity (Wildman–Crippen MR) is 121 cm³/mol. The monoisotopic (exact) mass is 421 g/mol. The largest absolute Gasteiger partial charge is 0.362 e. The van der Waals surface area contributed by atoms with Gasteiger partial charge in [-0.3, -0.25) is 4.79 Å². The molecular weight excluding hydrogens is 393 g/mol. The summed E-state index contributed by atoms with van der Waals surface area (Å²) in [6, 6.07) is 14.6. The average molecular weight is 422 g/mol. The van der Waals surface area contributed by atoms with Crippen molar-refractivity contribution < 1.29 is 9.18 Å². The van der Waals surface area contributed by atoms with Crippen LogP contribution in [0.5, 0.6) is 0 Å². The molecule has 1 aliphatic rings. The van der Waals surface area contributed by atoms with Gasteiger partial charge in [-0.25, -0.2) is 9.37 Å². The second-order valence-electron chi connectivity index (χ2n) is 8.32. The molecule has 3 aromatic rings. The van der Waals surface area contributed by atoms with E-state index < -0.39 is 0 Å². The van der Waals surface area contributed by atoms with Crippen LogP contribution in [0.3, 0.4) is 0 Å². The molecule has 0 atom stereocenters. The number of fused-ring (bicyclic) bond motifs is 1. The first kappa shape index (κ1) is 21.0. The highest BCUT2D eigenvalue weighted by molar-refractivity contribution is 5.90. The lowest BCUT2D eigenvalue weighted by molar-refractivity contribution is -0.126. The topological polar surface area (TPSA) is 70.2 Å². The molecule has 6 nitrogen and oxygen atoms in total. The molecule has 0 aliphatic heterocycles. The van der Waals surface area contributed by atoms with Crippen LogP contribution in [-0.4, -0.2) is 36.0 Å². The van der Waals surface area contributed by atoms with Crippen molar-refractivity contribution in [1.29, 1.82) is 0 Å². The van der Waals surface area contributed by atoms with Gasteiger partial charge < -0.3 is 15.5 Å². The summed E-state index contributed by atoms with van der Waals surface area (Å²) in [6.45, 7) is 0.354. The maximum Gasteiger partial charge on any atom is 0.225 e. The lowest BCUT2D eigenvalue weighted by Gasteiger charge is -2.28. The maximum atomic E-state index is 13.3. The first-order chi connectivity index (χ1) is 15.0. The number of hydrogen-bond donors (Lipinski definition) is 2. The van der Waals surface area contributed by atoms with Gasteiger partial charge in [0.25, 0.3) is 0 Å². The second-order valence-corrected chi connectivity index (χ2v) is 8.32. The molecule has 31 heavy (non-hydrogen) atoms. The molecule has 0 saturated heterocycles. The van der Waals surface area contributed by atoms with Crippen molar-refractivity contribution in [2.75, 3.05) is 24.3 Å². The van der Waals surface area contributed by atoms with Crippen LogP contribution in [0.15, 0.2) is 48.5 Å². The molecule has 0 bridgehead atoms. The number of hydrogen-bond acceptors (Lipinski definition) is 5. The molecule has 1 heterocycles. The molecule has 4 rings (SSSR count). The highest BCUT2D eigenvalue weighted by Gasteiger charge is 2.26. The molecule has 1 amide bonds. The van der Waals surface area contributed by atoms with E-state index in [0.717, 1.165) is 48.0 Å². The van der Waals surface area contributed by atoms with E-state index in [-0.39, 0.29) is 23.7 Å². The van der Waals surface area contributed by atoms with Crippen molar-refractivity contribution in [3.05, 3.63) is 59.9 Å². The molecule has 0 spiro atoms. The Bertz CT molecular complexity index is 1060. The average Bonchev–Trinajstić information content (AvgIpc) is 2.77. The minimum Gasteiger partial charge on any atom is -0.362 e. The summed E-state index contributed by atoms with van der Waals surface area (Å²) >= 11 is 0. The van der Waals surface area contributed by atoms with Crippen LogP contribution in [-0.2, 0) is 11.3 Å². The van der Waals surface area contributed by atoms with Crippen LogP contribution >= 0.6 is 0 Å². The van der Waals surface area contributed by atoms with Gasteiger partial charge in [0.2, 0.25) is 11.9 Å². The van der Waals surface area contributed by atoms with E-state index in [1.807, 2.05) is 49.3 Å². The normalized spacial score (nSPS) is 18.5. The Morgan fingerprint density at radius 2 is 1.84 bits per heavy atom. The SMILES string of the molecule is CN(C)c1nc(NC2CCC(C(=O)NCc3cccc(F)c3)CC2)nc2ccccc12. The first-order valence-electron chi connectivity index (χ1n) is 10.7. The Hall–Kier alpha value is -3.22. The molecule has 1 fully saturated rings. The second kappa shape index (κ2) is 9.29. The quantitative estimate of drug-likeness (QED) is 0.627. The van der Waals surface area contributed by atoms with Crippen molar-refractivity contribution >= 4 is 28.6 Å². The number of aromatic nitrogens is 2. The van der Waals surface area contributed by atoms with Crippen LogP contribution in [0.4, 0.5) is 16.2 Å². The lowest BCUT2D eigenvalue weighted by Crippen LogP contribution is -2.36. The molecule has 0 unspecified atom stereocenters. The van der Waals surface area contributed by atoms with Crippen LogP contribution in [0.1, 0.15) is 31.2 Å². The van der Waals surface area contributed by atoms with E-state index in [1.165, 1.54) is 12.1 Å². The minimum absolute atomic E-state index is 0.0125. The third-order valence-electron chi connectivity index (χ3n) is 5.79. The predicted octanol–water partition coefficient (Wildman–Crippen LogP) is 4.12. The summed E-state index contributed by atoms with van der Waals surface area (Å²) < 4.78 is 13.3. The highest BCUT2D eigenvalue weighted by Crippen LogP contribution is 2.28. The Balaban J connectivity index is 1.33. The van der Waals surface area contributed by atoms with E-state index in [9.17, 15) is 9.18 Å². The van der Waals surface area contributed by atoms with Gasteiger partial charge in [0, 0.05) is 38.0 Å². The van der Waals surface area contributed by atoms with Gasteiger partial charge in [0.15, 0.2) is 0 Å². The summed E-state index contributed by atoms with van der Waals surface area (Å²) in [5.41, 5.74) is 1.68. The van der Waals surface area contributed by atoms with Gasteiger partial charge in [-0.15, -0.1) is 0 Å². The van der Waals surface area contributed by atoms with Crippen LogP contribution in [0.25, 0.3) is 10.9 Å². The number of amides is 1. The Kier molecular flexibility index (Phi) is 6.30. The van der Waals surface area contributed by atoms with Crippen molar-refractivity contribution in [2.45, 2.75) is 38.3 Å². The van der Waals surface area contributed by atoms with Crippen LogP contribution in [0, 0.1) is 11.7 Å². The lowest BCUT2D eigenvalue weighted by atomic mass is 9.85. The Morgan fingerprint density at radius 3 is 2.58 bits per heavy atom. The number of anilines is 2. The Labute approximate surface area is 181 Å². The van der Waals surface area contributed by atoms with Gasteiger partial charge in [-0.05, 0) is 55.5 Å². The standard InChI is InChI=1S/C24H28FN5O/c1-30(2)22-20-8-3-4-9-21(20)28-24(29-22)27-19-12-10-17(11-13-19)23(31)26-15-16-6-5-7-18(25)14-16/h3-9,14,17,19H,10-13,15H2,1-2H3,(H,26,31)(H,27,28,29). The van der Waals surface area contributed by atoms with Gasteiger partial charge >= 0.3 is 0 Å². The fourth-order valence-electron chi connectivity index (χ4n) is 4.13. The molecular formula is C24H28FN5O. The van der Waals surface area contributed by atoms with Crippen molar-refractivity contribution in [2.24, 2.45) is 5.92 Å². The Morgan fingerprint density at radius 1 is 1.06 bits per heavy atom. The zero-order chi connectivity index (χ0) is 21.8. The van der Waals surface area contributed by atoms with Gasteiger partial charge in [0.05, 0.1) is 5.52 Å². The van der Waals surface area contributed by atoms with E-state index in [2.05, 4.69) is 15.6 Å². The van der Waals surface area contributed by atoms with Crippen LogP contribution in [0.2, 0.25) is 0 Å². The number of nitrogens with zero attached hydrogens (tertiary/aromatic N) is 3. The third kappa shape index (κ3) is 5.10. The third-order valence-corrected chi connectivity index (χ3v) is 5.79. The number of carbonyl (C=O) groups excluding carboxylic acids is 1. The number of nitrogens with one attached hydrogen (secondary N) is 2.